The summed E-state index contributed by atoms with van der Waals surface area (Å²) in [5, 5.41) is 3.45. The Labute approximate surface area is 204 Å². The number of guanidine groups is 1. The van der Waals surface area contributed by atoms with Crippen LogP contribution < -0.4 is 15.0 Å². The molecule has 0 radical (unpaired) electrons. The van der Waals surface area contributed by atoms with Gasteiger partial charge in [0.25, 0.3) is 0 Å². The number of halogens is 1. The normalized spacial score (nSPS) is 17.9. The van der Waals surface area contributed by atoms with Crippen molar-refractivity contribution in [2.75, 3.05) is 77.7 Å². The van der Waals surface area contributed by atoms with Crippen LogP contribution in [0.1, 0.15) is 26.2 Å². The smallest absolute Gasteiger partial charge is 0.194 e. The van der Waals surface area contributed by atoms with E-state index in [4.69, 9.17) is 19.2 Å². The number of rotatable bonds is 9. The second-order valence-corrected chi connectivity index (χ2v) is 7.89. The van der Waals surface area contributed by atoms with Crippen LogP contribution in [0, 0.1) is 5.92 Å². The second-order valence-electron chi connectivity index (χ2n) is 7.89. The molecule has 2 saturated heterocycles. The van der Waals surface area contributed by atoms with Crippen molar-refractivity contribution in [3.8, 4) is 5.75 Å². The highest BCUT2D eigenvalue weighted by Crippen LogP contribution is 2.20. The number of piperazine rings is 1. The summed E-state index contributed by atoms with van der Waals surface area (Å²) < 4.78 is 16.5. The van der Waals surface area contributed by atoms with E-state index in [0.717, 1.165) is 96.7 Å². The predicted octanol–water partition coefficient (Wildman–Crippen LogP) is 3.23. The van der Waals surface area contributed by atoms with Gasteiger partial charge < -0.3 is 29.3 Å². The van der Waals surface area contributed by atoms with Crippen LogP contribution in [-0.2, 0) is 9.47 Å². The monoisotopic (exact) mass is 546 g/mol. The van der Waals surface area contributed by atoms with Crippen LogP contribution in [0.15, 0.2) is 29.3 Å². The Morgan fingerprint density at radius 3 is 2.48 bits per heavy atom. The zero-order valence-corrected chi connectivity index (χ0v) is 21.4. The zero-order valence-electron chi connectivity index (χ0n) is 19.1. The molecule has 0 unspecified atom stereocenters. The number of anilines is 1. The van der Waals surface area contributed by atoms with Gasteiger partial charge in [0.1, 0.15) is 5.75 Å². The topological polar surface area (TPSA) is 58.6 Å². The Hall–Kier alpha value is -1.26. The summed E-state index contributed by atoms with van der Waals surface area (Å²) >= 11 is 0. The molecule has 8 heteroatoms. The average Bonchev–Trinajstić information content (AvgIpc) is 2.81. The molecular formula is C23H39IN4O3. The van der Waals surface area contributed by atoms with Crippen molar-refractivity contribution in [2.45, 2.75) is 26.2 Å². The Kier molecular flexibility index (Phi) is 12.4. The first-order chi connectivity index (χ1) is 14.8. The molecular weight excluding hydrogens is 507 g/mol. The van der Waals surface area contributed by atoms with E-state index in [9.17, 15) is 0 Å². The lowest BCUT2D eigenvalue weighted by Crippen LogP contribution is -2.52. The molecule has 0 atom stereocenters. The molecule has 2 heterocycles. The molecule has 1 N–H and O–H groups in total. The maximum atomic E-state index is 5.87. The third-order valence-corrected chi connectivity index (χ3v) is 5.75. The molecule has 0 aliphatic carbocycles. The third-order valence-electron chi connectivity index (χ3n) is 5.75. The molecule has 3 rings (SSSR count). The zero-order chi connectivity index (χ0) is 21.0. The number of hydrogen-bond acceptors (Lipinski definition) is 5. The molecule has 0 amide bonds. The van der Waals surface area contributed by atoms with Crippen molar-refractivity contribution in [1.29, 1.82) is 0 Å². The minimum atomic E-state index is 0. The summed E-state index contributed by atoms with van der Waals surface area (Å²) in [6.45, 7) is 11.1. The highest BCUT2D eigenvalue weighted by Gasteiger charge is 2.20. The number of nitrogens with one attached hydrogen (secondary N) is 1. The van der Waals surface area contributed by atoms with Crippen LogP contribution in [0.5, 0.6) is 5.75 Å². The van der Waals surface area contributed by atoms with E-state index in [0.29, 0.717) is 5.92 Å². The van der Waals surface area contributed by atoms with Crippen molar-refractivity contribution < 1.29 is 14.2 Å². The molecule has 2 aliphatic rings. The van der Waals surface area contributed by atoms with Crippen LogP contribution >= 0.6 is 24.0 Å². The van der Waals surface area contributed by atoms with Crippen LogP contribution in [0.2, 0.25) is 0 Å². The van der Waals surface area contributed by atoms with Crippen molar-refractivity contribution in [3.63, 3.8) is 0 Å². The van der Waals surface area contributed by atoms with Gasteiger partial charge in [-0.25, -0.2) is 0 Å². The van der Waals surface area contributed by atoms with E-state index < -0.39 is 0 Å². The molecule has 1 aromatic rings. The molecule has 1 aromatic carbocycles. The maximum Gasteiger partial charge on any atom is 0.194 e. The fourth-order valence-corrected chi connectivity index (χ4v) is 3.91. The SMILES string of the molecule is CCNC(=NCCCOCC1CCOCC1)N1CCN(c2ccc(OC)cc2)CC1.I. The average molecular weight is 546 g/mol. The van der Waals surface area contributed by atoms with Gasteiger partial charge in [-0.3, -0.25) is 4.99 Å². The van der Waals surface area contributed by atoms with Gasteiger partial charge in [0.05, 0.1) is 7.11 Å². The van der Waals surface area contributed by atoms with Crippen molar-refractivity contribution in [1.82, 2.24) is 10.2 Å². The quantitative estimate of drug-likeness (QED) is 0.222. The Bertz CT molecular complexity index is 630. The number of ether oxygens (including phenoxy) is 3. The van der Waals surface area contributed by atoms with E-state index >= 15 is 0 Å². The van der Waals surface area contributed by atoms with Gasteiger partial charge >= 0.3 is 0 Å². The lowest BCUT2D eigenvalue weighted by molar-refractivity contribution is 0.0205. The number of benzene rings is 1. The first-order valence-corrected chi connectivity index (χ1v) is 11.4. The minimum Gasteiger partial charge on any atom is -0.497 e. The molecule has 0 aromatic heterocycles. The fourth-order valence-electron chi connectivity index (χ4n) is 3.91. The van der Waals surface area contributed by atoms with Gasteiger partial charge in [0.2, 0.25) is 0 Å². The summed E-state index contributed by atoms with van der Waals surface area (Å²) in [7, 11) is 1.70. The van der Waals surface area contributed by atoms with E-state index in [1.54, 1.807) is 7.11 Å². The van der Waals surface area contributed by atoms with Crippen LogP contribution in [0.25, 0.3) is 0 Å². The van der Waals surface area contributed by atoms with Crippen molar-refractivity contribution in [2.24, 2.45) is 10.9 Å². The highest BCUT2D eigenvalue weighted by molar-refractivity contribution is 14.0. The van der Waals surface area contributed by atoms with Gasteiger partial charge in [-0.15, -0.1) is 24.0 Å². The Morgan fingerprint density at radius 2 is 1.84 bits per heavy atom. The molecule has 7 nitrogen and oxygen atoms in total. The molecule has 2 aliphatic heterocycles. The summed E-state index contributed by atoms with van der Waals surface area (Å²) in [6, 6.07) is 8.32. The standard InChI is InChI=1S/C23H38N4O3.HI/c1-3-24-23(25-11-4-16-30-19-20-9-17-29-18-10-20)27-14-12-26(13-15-27)21-5-7-22(28-2)8-6-21;/h5-8,20H,3-4,9-19H2,1-2H3,(H,24,25);1H. The lowest BCUT2D eigenvalue weighted by Gasteiger charge is -2.37. The molecule has 0 bridgehead atoms. The number of aliphatic imine (C=N–C) groups is 1. The Balaban J connectivity index is 0.00000341. The maximum absolute atomic E-state index is 5.87. The third kappa shape index (κ3) is 8.65. The summed E-state index contributed by atoms with van der Waals surface area (Å²) in [5.41, 5.74) is 1.25. The van der Waals surface area contributed by atoms with E-state index in [1.165, 1.54) is 5.69 Å². The fraction of sp³-hybridized carbons (Fsp3) is 0.696. The molecule has 176 valence electrons. The van der Waals surface area contributed by atoms with Gasteiger partial charge in [-0.2, -0.15) is 0 Å². The molecule has 2 fully saturated rings. The number of nitrogens with zero attached hydrogens (tertiary/aromatic N) is 3. The highest BCUT2D eigenvalue weighted by atomic mass is 127. The summed E-state index contributed by atoms with van der Waals surface area (Å²) in [6.07, 6.45) is 3.22. The van der Waals surface area contributed by atoms with Gasteiger partial charge in [-0.05, 0) is 56.4 Å². The van der Waals surface area contributed by atoms with Gasteiger partial charge in [-0.1, -0.05) is 0 Å². The van der Waals surface area contributed by atoms with Crippen molar-refractivity contribution >= 4 is 35.6 Å². The van der Waals surface area contributed by atoms with Crippen LogP contribution in [0.4, 0.5) is 5.69 Å². The van der Waals surface area contributed by atoms with Crippen molar-refractivity contribution in [3.05, 3.63) is 24.3 Å². The lowest BCUT2D eigenvalue weighted by atomic mass is 10.0. The minimum absolute atomic E-state index is 0. The van der Waals surface area contributed by atoms with Gasteiger partial charge in [0.15, 0.2) is 5.96 Å². The first kappa shape index (κ1) is 26.0. The molecule has 31 heavy (non-hydrogen) atoms. The predicted molar refractivity (Wildman–Crippen MR) is 137 cm³/mol. The van der Waals surface area contributed by atoms with E-state index in [-0.39, 0.29) is 24.0 Å². The van der Waals surface area contributed by atoms with Gasteiger partial charge in [0, 0.05) is 71.4 Å². The van der Waals surface area contributed by atoms with Crippen LogP contribution in [-0.4, -0.2) is 83.7 Å². The summed E-state index contributed by atoms with van der Waals surface area (Å²) in [5.74, 6) is 2.59. The van der Waals surface area contributed by atoms with Crippen LogP contribution in [0.3, 0.4) is 0 Å². The number of hydrogen-bond donors (Lipinski definition) is 1. The number of methoxy groups -OCH3 is 1. The largest absolute Gasteiger partial charge is 0.497 e. The second kappa shape index (κ2) is 14.7. The summed E-state index contributed by atoms with van der Waals surface area (Å²) in [4.78, 5) is 9.63. The molecule has 0 spiro atoms. The Morgan fingerprint density at radius 1 is 1.13 bits per heavy atom. The molecule has 0 saturated carbocycles. The van der Waals surface area contributed by atoms with E-state index in [1.807, 2.05) is 12.1 Å². The van der Waals surface area contributed by atoms with E-state index in [2.05, 4.69) is 34.2 Å². The first-order valence-electron chi connectivity index (χ1n) is 11.4.